The zero-order valence-electron chi connectivity index (χ0n) is 14.6. The first kappa shape index (κ1) is 16.8. The van der Waals surface area contributed by atoms with Crippen molar-refractivity contribution in [2.24, 2.45) is 18.9 Å². The van der Waals surface area contributed by atoms with Crippen molar-refractivity contribution in [3.05, 3.63) is 52.9 Å². The van der Waals surface area contributed by atoms with Crippen molar-refractivity contribution in [2.75, 3.05) is 11.1 Å². The van der Waals surface area contributed by atoms with Crippen LogP contribution < -0.4 is 16.5 Å². The third-order valence-corrected chi connectivity index (χ3v) is 4.83. The van der Waals surface area contributed by atoms with E-state index in [2.05, 4.69) is 16.4 Å². The minimum Gasteiger partial charge on any atom is -0.398 e. The van der Waals surface area contributed by atoms with Crippen LogP contribution in [0.3, 0.4) is 0 Å². The van der Waals surface area contributed by atoms with Gasteiger partial charge in [-0.2, -0.15) is 5.26 Å². The van der Waals surface area contributed by atoms with Gasteiger partial charge in [0, 0.05) is 48.2 Å². The molecule has 2 heterocycles. The zero-order chi connectivity index (χ0) is 19.1. The van der Waals surface area contributed by atoms with Crippen molar-refractivity contribution < 1.29 is 4.79 Å². The maximum atomic E-state index is 12.2. The molecule has 2 atom stereocenters. The van der Waals surface area contributed by atoms with E-state index in [1.807, 2.05) is 17.7 Å². The Hall–Kier alpha value is -3.66. The Morgan fingerprint density at radius 2 is 2.19 bits per heavy atom. The molecule has 1 fully saturated rings. The summed E-state index contributed by atoms with van der Waals surface area (Å²) in [5.41, 5.74) is 8.18. The van der Waals surface area contributed by atoms with Crippen LogP contribution in [0.4, 0.5) is 11.5 Å². The lowest BCUT2D eigenvalue weighted by Crippen LogP contribution is -2.15. The van der Waals surface area contributed by atoms with Gasteiger partial charge in [-0.05, 0) is 30.0 Å². The number of benzene rings is 1. The first-order valence-corrected chi connectivity index (χ1v) is 8.53. The van der Waals surface area contributed by atoms with Gasteiger partial charge in [0.1, 0.15) is 5.82 Å². The fourth-order valence-electron chi connectivity index (χ4n) is 3.19. The molecule has 7 heteroatoms. The Labute approximate surface area is 155 Å². The number of carbonyl (C=O) groups excluding carboxylic acids is 1. The lowest BCUT2D eigenvalue weighted by Gasteiger charge is -2.12. The summed E-state index contributed by atoms with van der Waals surface area (Å²) in [6.07, 6.45) is 3.91. The number of amides is 1. The predicted octanol–water partition coefficient (Wildman–Crippen LogP) is 2.28. The van der Waals surface area contributed by atoms with Crippen molar-refractivity contribution in [1.82, 2.24) is 9.55 Å². The second-order valence-corrected chi connectivity index (χ2v) is 6.78. The number of hydrogen-bond acceptors (Lipinski definition) is 5. The fourth-order valence-corrected chi connectivity index (χ4v) is 3.19. The molecule has 1 aliphatic carbocycles. The highest BCUT2D eigenvalue weighted by atomic mass is 16.2. The molecule has 0 unspecified atom stereocenters. The van der Waals surface area contributed by atoms with Crippen LogP contribution in [-0.2, 0) is 11.8 Å². The minimum absolute atomic E-state index is 0.0825. The average Bonchev–Trinajstić information content (AvgIpc) is 3.43. The fraction of sp³-hybridized carbons (Fsp3) is 0.200. The lowest BCUT2D eigenvalue weighted by atomic mass is 10.0. The summed E-state index contributed by atoms with van der Waals surface area (Å²) in [7, 11) is 1.86. The number of aryl methyl sites for hydroxylation is 1. The molecule has 3 N–H and O–H groups in total. The van der Waals surface area contributed by atoms with Crippen LogP contribution in [0.1, 0.15) is 6.42 Å². The van der Waals surface area contributed by atoms with E-state index < -0.39 is 0 Å². The normalized spacial score (nSPS) is 18.1. The van der Waals surface area contributed by atoms with E-state index in [-0.39, 0.29) is 23.2 Å². The van der Waals surface area contributed by atoms with Crippen molar-refractivity contribution in [2.45, 2.75) is 6.42 Å². The minimum atomic E-state index is -0.261. The van der Waals surface area contributed by atoms with E-state index >= 15 is 0 Å². The SMILES string of the molecule is Cn1ccc(=O)cc1-c1cc(N)c2cnc(NC(=O)[C@H]3C[C@@H]3C#N)cc2c1. The highest BCUT2D eigenvalue weighted by Gasteiger charge is 2.43. The van der Waals surface area contributed by atoms with E-state index in [0.717, 1.165) is 22.0 Å². The maximum absolute atomic E-state index is 12.2. The number of carbonyl (C=O) groups is 1. The van der Waals surface area contributed by atoms with Crippen molar-refractivity contribution >= 4 is 28.2 Å². The summed E-state index contributed by atoms with van der Waals surface area (Å²) in [6, 6.07) is 10.6. The molecule has 4 rings (SSSR count). The molecule has 0 radical (unpaired) electrons. The Balaban J connectivity index is 1.72. The van der Waals surface area contributed by atoms with Gasteiger partial charge in [0.15, 0.2) is 5.43 Å². The van der Waals surface area contributed by atoms with Crippen LogP contribution in [0.2, 0.25) is 0 Å². The Kier molecular flexibility index (Phi) is 3.89. The molecule has 0 bridgehead atoms. The lowest BCUT2D eigenvalue weighted by molar-refractivity contribution is -0.117. The molecular formula is C20H17N5O2. The third-order valence-electron chi connectivity index (χ3n) is 4.83. The van der Waals surface area contributed by atoms with Gasteiger partial charge >= 0.3 is 0 Å². The van der Waals surface area contributed by atoms with Crippen LogP contribution in [0, 0.1) is 23.2 Å². The Morgan fingerprint density at radius 3 is 2.93 bits per heavy atom. The van der Waals surface area contributed by atoms with Gasteiger partial charge in [0.25, 0.3) is 0 Å². The van der Waals surface area contributed by atoms with Crippen LogP contribution in [0.25, 0.3) is 22.0 Å². The Bertz CT molecular complexity index is 1180. The third kappa shape index (κ3) is 3.13. The molecule has 0 saturated heterocycles. The highest BCUT2D eigenvalue weighted by Crippen LogP contribution is 2.38. The van der Waals surface area contributed by atoms with E-state index in [1.165, 1.54) is 6.07 Å². The average molecular weight is 359 g/mol. The van der Waals surface area contributed by atoms with Gasteiger partial charge in [-0.25, -0.2) is 4.98 Å². The van der Waals surface area contributed by atoms with Gasteiger partial charge in [-0.15, -0.1) is 0 Å². The van der Waals surface area contributed by atoms with Crippen molar-refractivity contribution in [3.63, 3.8) is 0 Å². The zero-order valence-corrected chi connectivity index (χ0v) is 14.6. The maximum Gasteiger partial charge on any atom is 0.230 e. The standard InChI is InChI=1S/C20H17N5O2/c1-25-3-2-14(26)8-18(25)12-4-11-7-19(23-10-16(11)17(22)6-12)24-20(27)15-5-13(15)9-21/h2-4,6-8,10,13,15H,5,22H2,1H3,(H,23,24,27)/t13-,15+/m1/s1. The van der Waals surface area contributed by atoms with Crippen LogP contribution in [-0.4, -0.2) is 15.5 Å². The first-order chi connectivity index (χ1) is 13.0. The van der Waals surface area contributed by atoms with E-state index in [9.17, 15) is 9.59 Å². The summed E-state index contributed by atoms with van der Waals surface area (Å²) in [5, 5.41) is 13.2. The van der Waals surface area contributed by atoms with Gasteiger partial charge < -0.3 is 15.6 Å². The second kappa shape index (κ2) is 6.25. The van der Waals surface area contributed by atoms with Crippen LogP contribution in [0.15, 0.2) is 47.5 Å². The number of fused-ring (bicyclic) bond motifs is 1. The molecule has 27 heavy (non-hydrogen) atoms. The molecule has 134 valence electrons. The number of hydrogen-bond donors (Lipinski definition) is 2. The summed E-state index contributed by atoms with van der Waals surface area (Å²) in [6.45, 7) is 0. The Morgan fingerprint density at radius 1 is 1.37 bits per heavy atom. The molecule has 1 saturated carbocycles. The number of nitrogens with zero attached hydrogens (tertiary/aromatic N) is 3. The highest BCUT2D eigenvalue weighted by molar-refractivity contribution is 6.00. The van der Waals surface area contributed by atoms with E-state index in [0.29, 0.717) is 17.9 Å². The first-order valence-electron chi connectivity index (χ1n) is 8.53. The molecule has 1 amide bonds. The number of nitrogens with one attached hydrogen (secondary N) is 1. The predicted molar refractivity (Wildman–Crippen MR) is 103 cm³/mol. The number of rotatable bonds is 3. The number of anilines is 2. The number of nitriles is 1. The monoisotopic (exact) mass is 359 g/mol. The van der Waals surface area contributed by atoms with Crippen LogP contribution in [0.5, 0.6) is 0 Å². The van der Waals surface area contributed by atoms with Gasteiger partial charge in [0.2, 0.25) is 5.91 Å². The number of pyridine rings is 2. The summed E-state index contributed by atoms with van der Waals surface area (Å²) in [4.78, 5) is 28.1. The molecule has 0 aliphatic heterocycles. The summed E-state index contributed by atoms with van der Waals surface area (Å²) in [5.74, 6) is -0.243. The van der Waals surface area contributed by atoms with Gasteiger partial charge in [-0.1, -0.05) is 0 Å². The number of nitrogen functional groups attached to an aromatic ring is 1. The molecule has 2 aromatic heterocycles. The molecule has 3 aromatic rings. The summed E-state index contributed by atoms with van der Waals surface area (Å²) >= 11 is 0. The summed E-state index contributed by atoms with van der Waals surface area (Å²) < 4.78 is 1.85. The van der Waals surface area contributed by atoms with Gasteiger partial charge in [0.05, 0.1) is 23.6 Å². The van der Waals surface area contributed by atoms with Crippen LogP contribution >= 0.6 is 0 Å². The largest absolute Gasteiger partial charge is 0.398 e. The molecule has 7 nitrogen and oxygen atoms in total. The molecular weight excluding hydrogens is 342 g/mol. The second-order valence-electron chi connectivity index (χ2n) is 6.78. The van der Waals surface area contributed by atoms with E-state index in [1.54, 1.807) is 30.6 Å². The molecule has 1 aromatic carbocycles. The van der Waals surface area contributed by atoms with Gasteiger partial charge in [-0.3, -0.25) is 9.59 Å². The van der Waals surface area contributed by atoms with Crippen molar-refractivity contribution in [1.29, 1.82) is 5.26 Å². The molecule has 1 aliphatic rings. The van der Waals surface area contributed by atoms with Crippen molar-refractivity contribution in [3.8, 4) is 17.3 Å². The smallest absolute Gasteiger partial charge is 0.230 e. The number of aromatic nitrogens is 2. The number of nitrogens with two attached hydrogens (primary N) is 1. The molecule has 0 spiro atoms. The quantitative estimate of drug-likeness (QED) is 0.696. The topological polar surface area (TPSA) is 114 Å². The van der Waals surface area contributed by atoms with E-state index in [4.69, 9.17) is 11.0 Å².